The van der Waals surface area contributed by atoms with Crippen LogP contribution in [0.2, 0.25) is 5.02 Å². The average molecular weight is 296 g/mol. The SMILES string of the molecule is CC(N)Cc1ccc(Cl)cc1N1CC(C)C(N(C)C)C1. The molecule has 0 saturated carbocycles. The summed E-state index contributed by atoms with van der Waals surface area (Å²) in [6.45, 7) is 6.50. The van der Waals surface area contributed by atoms with Crippen LogP contribution in [0, 0.1) is 5.92 Å². The number of hydrogen-bond donors (Lipinski definition) is 1. The van der Waals surface area contributed by atoms with Gasteiger partial charge in [-0.05, 0) is 51.1 Å². The minimum Gasteiger partial charge on any atom is -0.369 e. The van der Waals surface area contributed by atoms with Crippen LogP contribution in [0.4, 0.5) is 5.69 Å². The van der Waals surface area contributed by atoms with Crippen molar-refractivity contribution in [2.75, 3.05) is 32.1 Å². The Balaban J connectivity index is 2.26. The summed E-state index contributed by atoms with van der Waals surface area (Å²) in [5.41, 5.74) is 8.53. The molecule has 1 aliphatic rings. The molecule has 1 fully saturated rings. The highest BCUT2D eigenvalue weighted by Crippen LogP contribution is 2.31. The topological polar surface area (TPSA) is 32.5 Å². The highest BCUT2D eigenvalue weighted by atomic mass is 35.5. The zero-order chi connectivity index (χ0) is 14.9. The summed E-state index contributed by atoms with van der Waals surface area (Å²) < 4.78 is 0. The molecule has 2 N–H and O–H groups in total. The Bertz CT molecular complexity index is 459. The molecular weight excluding hydrogens is 270 g/mol. The van der Waals surface area contributed by atoms with Crippen molar-refractivity contribution in [1.82, 2.24) is 4.90 Å². The third kappa shape index (κ3) is 3.46. The number of anilines is 1. The number of halogens is 1. The molecule has 1 aromatic carbocycles. The van der Waals surface area contributed by atoms with Crippen molar-refractivity contribution in [2.45, 2.75) is 32.4 Å². The average Bonchev–Trinajstić information content (AvgIpc) is 2.73. The van der Waals surface area contributed by atoms with Gasteiger partial charge < -0.3 is 15.5 Å². The molecule has 3 atom stereocenters. The lowest BCUT2D eigenvalue weighted by atomic mass is 10.0. The molecule has 0 radical (unpaired) electrons. The van der Waals surface area contributed by atoms with Crippen LogP contribution in [-0.4, -0.2) is 44.2 Å². The van der Waals surface area contributed by atoms with E-state index in [1.54, 1.807) is 0 Å². The number of benzene rings is 1. The van der Waals surface area contributed by atoms with Crippen LogP contribution in [0.15, 0.2) is 18.2 Å². The number of nitrogens with two attached hydrogens (primary N) is 1. The summed E-state index contributed by atoms with van der Waals surface area (Å²) in [6.07, 6.45) is 0.893. The van der Waals surface area contributed by atoms with Gasteiger partial charge in [0, 0.05) is 35.9 Å². The van der Waals surface area contributed by atoms with Crippen molar-refractivity contribution < 1.29 is 0 Å². The maximum Gasteiger partial charge on any atom is 0.0426 e. The molecule has 2 rings (SSSR count). The van der Waals surface area contributed by atoms with Crippen LogP contribution in [-0.2, 0) is 6.42 Å². The molecule has 3 unspecified atom stereocenters. The molecule has 1 aromatic rings. The Morgan fingerprint density at radius 3 is 2.65 bits per heavy atom. The van der Waals surface area contributed by atoms with Crippen LogP contribution in [0.25, 0.3) is 0 Å². The minimum atomic E-state index is 0.166. The Labute approximate surface area is 127 Å². The van der Waals surface area contributed by atoms with Crippen molar-refractivity contribution in [3.63, 3.8) is 0 Å². The summed E-state index contributed by atoms with van der Waals surface area (Å²) in [5.74, 6) is 0.659. The molecule has 1 saturated heterocycles. The minimum absolute atomic E-state index is 0.166. The van der Waals surface area contributed by atoms with Crippen LogP contribution >= 0.6 is 11.6 Å². The van der Waals surface area contributed by atoms with Gasteiger partial charge in [0.1, 0.15) is 0 Å². The van der Waals surface area contributed by atoms with E-state index >= 15 is 0 Å². The van der Waals surface area contributed by atoms with Crippen LogP contribution in [0.3, 0.4) is 0 Å². The molecule has 0 spiro atoms. The summed E-state index contributed by atoms with van der Waals surface area (Å²) in [7, 11) is 4.32. The molecule has 20 heavy (non-hydrogen) atoms. The molecule has 4 heteroatoms. The van der Waals surface area contributed by atoms with Crippen LogP contribution < -0.4 is 10.6 Å². The second-order valence-corrected chi connectivity index (χ2v) is 6.80. The largest absolute Gasteiger partial charge is 0.369 e. The number of hydrogen-bond acceptors (Lipinski definition) is 3. The van der Waals surface area contributed by atoms with Gasteiger partial charge in [0.05, 0.1) is 0 Å². The van der Waals surface area contributed by atoms with Crippen molar-refractivity contribution in [2.24, 2.45) is 11.7 Å². The number of rotatable bonds is 4. The van der Waals surface area contributed by atoms with Crippen molar-refractivity contribution in [3.05, 3.63) is 28.8 Å². The van der Waals surface area contributed by atoms with Gasteiger partial charge in [-0.3, -0.25) is 0 Å². The second kappa shape index (κ2) is 6.33. The standard InChI is InChI=1S/C16H26ClN3/c1-11-9-20(10-16(11)19(3)4)15-8-14(17)6-5-13(15)7-12(2)18/h5-6,8,11-12,16H,7,9-10,18H2,1-4H3. The Hall–Kier alpha value is -0.770. The molecule has 3 nitrogen and oxygen atoms in total. The molecule has 0 aliphatic carbocycles. The fourth-order valence-electron chi connectivity index (χ4n) is 3.17. The van der Waals surface area contributed by atoms with Crippen molar-refractivity contribution in [1.29, 1.82) is 0 Å². The zero-order valence-corrected chi connectivity index (χ0v) is 13.7. The molecule has 0 amide bonds. The fraction of sp³-hybridized carbons (Fsp3) is 0.625. The lowest BCUT2D eigenvalue weighted by Gasteiger charge is -2.25. The zero-order valence-electron chi connectivity index (χ0n) is 12.9. The first-order valence-corrected chi connectivity index (χ1v) is 7.71. The van der Waals surface area contributed by atoms with Gasteiger partial charge in [0.2, 0.25) is 0 Å². The summed E-state index contributed by atoms with van der Waals surface area (Å²) in [6, 6.07) is 6.93. The molecule has 0 bridgehead atoms. The van der Waals surface area contributed by atoms with Gasteiger partial charge in [-0.25, -0.2) is 0 Å². The van der Waals surface area contributed by atoms with E-state index in [2.05, 4.69) is 43.0 Å². The molecule has 1 aliphatic heterocycles. The van der Waals surface area contributed by atoms with E-state index in [9.17, 15) is 0 Å². The third-order valence-electron chi connectivity index (χ3n) is 4.17. The lowest BCUT2D eigenvalue weighted by molar-refractivity contribution is 0.266. The van der Waals surface area contributed by atoms with Crippen molar-refractivity contribution in [3.8, 4) is 0 Å². The quantitative estimate of drug-likeness (QED) is 0.927. The Kier molecular flexibility index (Phi) is 4.95. The van der Waals surface area contributed by atoms with Gasteiger partial charge in [0.25, 0.3) is 0 Å². The van der Waals surface area contributed by atoms with Crippen LogP contribution in [0.1, 0.15) is 19.4 Å². The highest BCUT2D eigenvalue weighted by molar-refractivity contribution is 6.30. The predicted molar refractivity (Wildman–Crippen MR) is 87.7 cm³/mol. The van der Waals surface area contributed by atoms with Gasteiger partial charge in [-0.2, -0.15) is 0 Å². The Morgan fingerprint density at radius 2 is 2.10 bits per heavy atom. The second-order valence-electron chi connectivity index (χ2n) is 6.37. The van der Waals surface area contributed by atoms with Crippen molar-refractivity contribution >= 4 is 17.3 Å². The van der Waals surface area contributed by atoms with Crippen LogP contribution in [0.5, 0.6) is 0 Å². The van der Waals surface area contributed by atoms with E-state index in [0.717, 1.165) is 24.5 Å². The van der Waals surface area contributed by atoms with E-state index in [0.29, 0.717) is 12.0 Å². The maximum atomic E-state index is 6.20. The predicted octanol–water partition coefficient (Wildman–Crippen LogP) is 2.62. The van der Waals surface area contributed by atoms with E-state index < -0.39 is 0 Å². The molecule has 112 valence electrons. The van der Waals surface area contributed by atoms with E-state index in [1.165, 1.54) is 11.3 Å². The fourth-order valence-corrected chi connectivity index (χ4v) is 3.34. The molecule has 1 heterocycles. The lowest BCUT2D eigenvalue weighted by Crippen LogP contribution is -2.34. The first-order chi connectivity index (χ1) is 9.38. The summed E-state index contributed by atoms with van der Waals surface area (Å²) >= 11 is 6.20. The van der Waals surface area contributed by atoms with Gasteiger partial charge >= 0.3 is 0 Å². The smallest absolute Gasteiger partial charge is 0.0426 e. The monoisotopic (exact) mass is 295 g/mol. The maximum absolute atomic E-state index is 6.20. The van der Waals surface area contributed by atoms with E-state index in [-0.39, 0.29) is 6.04 Å². The summed E-state index contributed by atoms with van der Waals surface area (Å²) in [5, 5.41) is 0.800. The van der Waals surface area contributed by atoms with Gasteiger partial charge in [-0.1, -0.05) is 24.6 Å². The highest BCUT2D eigenvalue weighted by Gasteiger charge is 2.32. The van der Waals surface area contributed by atoms with Gasteiger partial charge in [0.15, 0.2) is 0 Å². The third-order valence-corrected chi connectivity index (χ3v) is 4.40. The number of nitrogens with zero attached hydrogens (tertiary/aromatic N) is 2. The first-order valence-electron chi connectivity index (χ1n) is 7.34. The van der Waals surface area contributed by atoms with E-state index in [1.807, 2.05) is 13.0 Å². The van der Waals surface area contributed by atoms with Gasteiger partial charge in [-0.15, -0.1) is 0 Å². The summed E-state index contributed by atoms with van der Waals surface area (Å²) in [4.78, 5) is 4.78. The molecular formula is C16H26ClN3. The molecule has 0 aromatic heterocycles. The van der Waals surface area contributed by atoms with E-state index in [4.69, 9.17) is 17.3 Å². The first kappa shape index (κ1) is 15.6. The Morgan fingerprint density at radius 1 is 1.40 bits per heavy atom. The number of likely N-dealkylation sites (N-methyl/N-ethyl adjacent to an activating group) is 1. The normalized spacial score (nSPS) is 24.4.